The van der Waals surface area contributed by atoms with E-state index in [9.17, 15) is 9.18 Å². The lowest BCUT2D eigenvalue weighted by Gasteiger charge is -2.19. The van der Waals surface area contributed by atoms with E-state index in [1.54, 1.807) is 17.8 Å². The Kier molecular flexibility index (Phi) is 4.46. The molecule has 0 aromatic heterocycles. The molecule has 1 aromatic rings. The third-order valence-electron chi connectivity index (χ3n) is 2.90. The Morgan fingerprint density at radius 3 is 2.94 bits per heavy atom. The molecule has 1 aromatic carbocycles. The predicted octanol–water partition coefficient (Wildman–Crippen LogP) is 3.88. The maximum Gasteiger partial charge on any atom is 0.150 e. The summed E-state index contributed by atoms with van der Waals surface area (Å²) >= 11 is 7.33. The molecular weight excluding hydrogens is 259 g/mol. The molecule has 1 unspecified atom stereocenters. The van der Waals surface area contributed by atoms with E-state index >= 15 is 0 Å². The van der Waals surface area contributed by atoms with Gasteiger partial charge in [0.1, 0.15) is 11.6 Å². The molecule has 0 saturated carbocycles. The summed E-state index contributed by atoms with van der Waals surface area (Å²) in [4.78, 5) is 12.0. The van der Waals surface area contributed by atoms with Crippen LogP contribution in [-0.2, 0) is 11.2 Å². The monoisotopic (exact) mass is 272 g/mol. The number of thioether (sulfide) groups is 1. The molecule has 1 saturated heterocycles. The number of Topliss-reactive ketones (excluding diaryl/α,β-unsaturated/α-hetero) is 1. The highest BCUT2D eigenvalue weighted by Crippen LogP contribution is 2.27. The Bertz CT molecular complexity index is 416. The van der Waals surface area contributed by atoms with E-state index in [2.05, 4.69) is 0 Å². The molecule has 92 valence electrons. The third kappa shape index (κ3) is 3.46. The van der Waals surface area contributed by atoms with Gasteiger partial charge in [-0.05, 0) is 36.3 Å². The third-order valence-corrected chi connectivity index (χ3v) is 4.63. The number of hydrogen-bond donors (Lipinski definition) is 0. The molecular formula is C13H14ClFOS. The van der Waals surface area contributed by atoms with Crippen molar-refractivity contribution < 1.29 is 9.18 Å². The van der Waals surface area contributed by atoms with Crippen LogP contribution in [0.15, 0.2) is 18.2 Å². The van der Waals surface area contributed by atoms with Crippen molar-refractivity contribution in [1.82, 2.24) is 0 Å². The summed E-state index contributed by atoms with van der Waals surface area (Å²) in [6.45, 7) is 0. The summed E-state index contributed by atoms with van der Waals surface area (Å²) in [6, 6.07) is 4.58. The zero-order chi connectivity index (χ0) is 12.3. The average Bonchev–Trinajstić information content (AvgIpc) is 2.35. The smallest absolute Gasteiger partial charge is 0.150 e. The fourth-order valence-electron chi connectivity index (χ4n) is 1.96. The minimum atomic E-state index is -0.451. The van der Waals surface area contributed by atoms with E-state index in [0.29, 0.717) is 12.0 Å². The summed E-state index contributed by atoms with van der Waals surface area (Å²) in [5, 5.41) is 0.204. The van der Waals surface area contributed by atoms with Crippen LogP contribution in [0, 0.1) is 5.82 Å². The minimum Gasteiger partial charge on any atom is -0.298 e. The van der Waals surface area contributed by atoms with Gasteiger partial charge in [-0.15, -0.1) is 0 Å². The summed E-state index contributed by atoms with van der Waals surface area (Å²) in [6.07, 6.45) is 3.59. The molecule has 0 N–H and O–H groups in total. The largest absolute Gasteiger partial charge is 0.298 e. The molecule has 1 aliphatic rings. The lowest BCUT2D eigenvalue weighted by molar-refractivity contribution is -0.118. The highest BCUT2D eigenvalue weighted by Gasteiger charge is 2.21. The van der Waals surface area contributed by atoms with Crippen molar-refractivity contribution in [1.29, 1.82) is 0 Å². The van der Waals surface area contributed by atoms with Crippen LogP contribution in [0.25, 0.3) is 0 Å². The van der Waals surface area contributed by atoms with Crippen LogP contribution in [0.1, 0.15) is 24.8 Å². The highest BCUT2D eigenvalue weighted by molar-refractivity contribution is 8.00. The lowest BCUT2D eigenvalue weighted by atomic mass is 10.0. The fraction of sp³-hybridized carbons (Fsp3) is 0.462. The van der Waals surface area contributed by atoms with Crippen molar-refractivity contribution in [3.8, 4) is 0 Å². The van der Waals surface area contributed by atoms with Gasteiger partial charge in [0.25, 0.3) is 0 Å². The maximum atomic E-state index is 13.2. The van der Waals surface area contributed by atoms with Gasteiger partial charge in [-0.25, -0.2) is 4.39 Å². The number of halogens is 2. The van der Waals surface area contributed by atoms with Crippen molar-refractivity contribution >= 4 is 29.1 Å². The SMILES string of the molecule is O=C(Cc1ccc(Cl)c(F)c1)C1CCCCS1. The van der Waals surface area contributed by atoms with E-state index in [0.717, 1.165) is 18.6 Å². The van der Waals surface area contributed by atoms with Crippen LogP contribution in [-0.4, -0.2) is 16.8 Å². The van der Waals surface area contributed by atoms with Crippen molar-refractivity contribution in [2.45, 2.75) is 30.9 Å². The van der Waals surface area contributed by atoms with Gasteiger partial charge in [0.15, 0.2) is 0 Å². The van der Waals surface area contributed by atoms with Crippen LogP contribution >= 0.6 is 23.4 Å². The van der Waals surface area contributed by atoms with Crippen molar-refractivity contribution in [3.63, 3.8) is 0 Å². The number of carbonyl (C=O) groups excluding carboxylic acids is 1. The van der Waals surface area contributed by atoms with Crippen molar-refractivity contribution in [3.05, 3.63) is 34.6 Å². The summed E-state index contributed by atoms with van der Waals surface area (Å²) in [5.74, 6) is 0.815. The minimum absolute atomic E-state index is 0.0995. The number of benzene rings is 1. The second kappa shape index (κ2) is 5.87. The summed E-state index contributed by atoms with van der Waals surface area (Å²) in [5.41, 5.74) is 0.711. The Labute approximate surface area is 110 Å². The van der Waals surface area contributed by atoms with Gasteiger partial charge in [0, 0.05) is 6.42 Å². The second-order valence-corrected chi connectivity index (χ2v) is 5.96. The van der Waals surface area contributed by atoms with E-state index in [4.69, 9.17) is 11.6 Å². The molecule has 1 heterocycles. The zero-order valence-electron chi connectivity index (χ0n) is 9.42. The van der Waals surface area contributed by atoms with Gasteiger partial charge in [-0.1, -0.05) is 24.1 Å². The first-order valence-electron chi connectivity index (χ1n) is 5.75. The first-order valence-corrected chi connectivity index (χ1v) is 7.18. The highest BCUT2D eigenvalue weighted by atomic mass is 35.5. The van der Waals surface area contributed by atoms with Crippen molar-refractivity contribution in [2.24, 2.45) is 0 Å². The quantitative estimate of drug-likeness (QED) is 0.831. The molecule has 1 nitrogen and oxygen atoms in total. The lowest BCUT2D eigenvalue weighted by Crippen LogP contribution is -2.22. The topological polar surface area (TPSA) is 17.1 Å². The normalized spacial score (nSPS) is 20.2. The second-order valence-electron chi connectivity index (χ2n) is 4.25. The molecule has 2 rings (SSSR count). The first kappa shape index (κ1) is 12.9. The van der Waals surface area contributed by atoms with Crippen LogP contribution in [0.4, 0.5) is 4.39 Å². The number of ketones is 1. The number of carbonyl (C=O) groups is 1. The summed E-state index contributed by atoms with van der Waals surface area (Å²) < 4.78 is 13.2. The number of hydrogen-bond acceptors (Lipinski definition) is 2. The van der Waals surface area contributed by atoms with Gasteiger partial charge >= 0.3 is 0 Å². The van der Waals surface area contributed by atoms with E-state index in [-0.39, 0.29) is 16.1 Å². The Balaban J connectivity index is 1.99. The Hall–Kier alpha value is -0.540. The van der Waals surface area contributed by atoms with Gasteiger partial charge in [0.2, 0.25) is 0 Å². The van der Waals surface area contributed by atoms with Crippen LogP contribution in [0.5, 0.6) is 0 Å². The first-order chi connectivity index (χ1) is 8.16. The maximum absolute atomic E-state index is 13.2. The molecule has 0 bridgehead atoms. The molecule has 1 fully saturated rings. The van der Waals surface area contributed by atoms with Crippen molar-refractivity contribution in [2.75, 3.05) is 5.75 Å². The molecule has 0 radical (unpaired) electrons. The predicted molar refractivity (Wildman–Crippen MR) is 70.2 cm³/mol. The van der Waals surface area contributed by atoms with Crippen LogP contribution < -0.4 is 0 Å². The molecule has 17 heavy (non-hydrogen) atoms. The van der Waals surface area contributed by atoms with E-state index in [1.165, 1.54) is 18.6 Å². The van der Waals surface area contributed by atoms with Crippen LogP contribution in [0.3, 0.4) is 0 Å². The standard InChI is InChI=1S/C13H14ClFOS/c14-10-5-4-9(7-11(10)15)8-12(16)13-3-1-2-6-17-13/h4-5,7,13H,1-3,6,8H2. The molecule has 0 aliphatic carbocycles. The molecule has 0 spiro atoms. The van der Waals surface area contributed by atoms with Gasteiger partial charge in [-0.3, -0.25) is 4.79 Å². The zero-order valence-corrected chi connectivity index (χ0v) is 11.0. The summed E-state index contributed by atoms with van der Waals surface area (Å²) in [7, 11) is 0. The fourth-order valence-corrected chi connectivity index (χ4v) is 3.33. The van der Waals surface area contributed by atoms with Gasteiger partial charge in [-0.2, -0.15) is 11.8 Å². The number of rotatable bonds is 3. The van der Waals surface area contributed by atoms with Crippen LogP contribution in [0.2, 0.25) is 5.02 Å². The average molecular weight is 273 g/mol. The molecule has 0 amide bonds. The van der Waals surface area contributed by atoms with E-state index < -0.39 is 5.82 Å². The Morgan fingerprint density at radius 1 is 1.47 bits per heavy atom. The molecule has 4 heteroatoms. The molecule has 1 atom stereocenters. The Morgan fingerprint density at radius 2 is 2.29 bits per heavy atom. The van der Waals surface area contributed by atoms with Gasteiger partial charge in [0.05, 0.1) is 10.3 Å². The van der Waals surface area contributed by atoms with E-state index in [1.807, 2.05) is 0 Å². The molecule has 1 aliphatic heterocycles. The van der Waals surface area contributed by atoms with Gasteiger partial charge < -0.3 is 0 Å².